The van der Waals surface area contributed by atoms with Crippen LogP contribution in [0.2, 0.25) is 5.02 Å². The second kappa shape index (κ2) is 13.3. The fourth-order valence-electron chi connectivity index (χ4n) is 9.92. The fraction of sp³-hybridized carbons (Fsp3) is 0.346. The zero-order chi connectivity index (χ0) is 39.1. The van der Waals surface area contributed by atoms with Gasteiger partial charge in [0.05, 0.1) is 11.2 Å². The van der Waals surface area contributed by atoms with Gasteiger partial charge in [-0.3, -0.25) is 0 Å². The Balaban J connectivity index is 1.39. The van der Waals surface area contributed by atoms with Crippen molar-refractivity contribution in [2.45, 2.75) is 117 Å². The standard InChI is InChI=1S/C52H57ClN2/c1-34-27-35(2)48-47(28-34)55(52(10)26-14-13-25-51(48,52)9)44-32-41(53)31-43(33-44)54(42-22-19-39(20-23-42)49(3,4)5)46-24-21-40(50(6,7)8)30-45(46)38-18-17-36-15-11-12-16-37(36)29-38/h11-12,15-24,27-33H,13-14,25-26H2,1-10H3. The van der Waals surface area contributed by atoms with Crippen LogP contribution < -0.4 is 9.80 Å². The molecule has 1 aliphatic heterocycles. The summed E-state index contributed by atoms with van der Waals surface area (Å²) in [5, 5.41) is 3.22. The van der Waals surface area contributed by atoms with Crippen LogP contribution in [0.3, 0.4) is 0 Å². The van der Waals surface area contributed by atoms with Crippen LogP contribution in [-0.4, -0.2) is 5.54 Å². The lowest BCUT2D eigenvalue weighted by atomic mass is 9.61. The summed E-state index contributed by atoms with van der Waals surface area (Å²) >= 11 is 7.33. The quantitative estimate of drug-likeness (QED) is 0.173. The van der Waals surface area contributed by atoms with Gasteiger partial charge in [0.25, 0.3) is 0 Å². The molecule has 6 aromatic carbocycles. The Morgan fingerprint density at radius 2 is 1.31 bits per heavy atom. The number of hydrogen-bond donors (Lipinski definition) is 0. The van der Waals surface area contributed by atoms with E-state index >= 15 is 0 Å². The average molecular weight is 745 g/mol. The summed E-state index contributed by atoms with van der Waals surface area (Å²) in [6.07, 6.45) is 4.81. The molecule has 0 N–H and O–H groups in total. The lowest BCUT2D eigenvalue weighted by Gasteiger charge is -2.50. The number of nitrogens with zero attached hydrogens (tertiary/aromatic N) is 2. The molecule has 0 saturated heterocycles. The number of hydrogen-bond acceptors (Lipinski definition) is 2. The Kier molecular flexibility index (Phi) is 9.05. The Hall–Kier alpha value is -4.53. The van der Waals surface area contributed by atoms with Gasteiger partial charge in [-0.05, 0) is 143 Å². The number of anilines is 5. The van der Waals surface area contributed by atoms with Crippen molar-refractivity contribution < 1.29 is 0 Å². The van der Waals surface area contributed by atoms with Crippen LogP contribution in [0.5, 0.6) is 0 Å². The first-order chi connectivity index (χ1) is 26.0. The molecule has 0 aromatic heterocycles. The molecular formula is C52H57ClN2. The summed E-state index contributed by atoms with van der Waals surface area (Å²) in [6.45, 7) is 23.3. The average Bonchev–Trinajstić information content (AvgIpc) is 3.33. The molecule has 1 saturated carbocycles. The molecule has 0 bridgehead atoms. The highest BCUT2D eigenvalue weighted by Gasteiger charge is 2.58. The third-order valence-corrected chi connectivity index (χ3v) is 13.3. The van der Waals surface area contributed by atoms with E-state index in [1.807, 2.05) is 0 Å². The highest BCUT2D eigenvalue weighted by Crippen LogP contribution is 2.62. The topological polar surface area (TPSA) is 6.48 Å². The molecule has 6 aromatic rings. The molecule has 0 amide bonds. The number of fused-ring (bicyclic) bond motifs is 4. The number of halogens is 1. The van der Waals surface area contributed by atoms with Crippen LogP contribution in [0.15, 0.2) is 115 Å². The number of rotatable bonds is 5. The van der Waals surface area contributed by atoms with Crippen molar-refractivity contribution in [2.75, 3.05) is 9.80 Å². The normalized spacial score (nSPS) is 19.7. The molecule has 2 unspecified atom stereocenters. The predicted molar refractivity (Wildman–Crippen MR) is 239 cm³/mol. The van der Waals surface area contributed by atoms with Gasteiger partial charge in [0.1, 0.15) is 0 Å². The summed E-state index contributed by atoms with van der Waals surface area (Å²) in [6, 6.07) is 43.4. The van der Waals surface area contributed by atoms with Crippen molar-refractivity contribution in [3.05, 3.63) is 148 Å². The van der Waals surface area contributed by atoms with Crippen molar-refractivity contribution in [3.63, 3.8) is 0 Å². The van der Waals surface area contributed by atoms with Gasteiger partial charge in [-0.15, -0.1) is 0 Å². The van der Waals surface area contributed by atoms with Crippen LogP contribution in [0.1, 0.15) is 109 Å². The molecule has 0 radical (unpaired) electrons. The number of aryl methyl sites for hydroxylation is 2. The first kappa shape index (κ1) is 37.4. The Bertz CT molecular complexity index is 2430. The molecule has 1 aliphatic carbocycles. The van der Waals surface area contributed by atoms with E-state index < -0.39 is 0 Å². The fourth-order valence-corrected chi connectivity index (χ4v) is 10.1. The van der Waals surface area contributed by atoms with Gasteiger partial charge in [0.15, 0.2) is 0 Å². The largest absolute Gasteiger partial charge is 0.334 e. The lowest BCUT2D eigenvalue weighted by Crippen LogP contribution is -2.54. The Morgan fingerprint density at radius 1 is 0.636 bits per heavy atom. The van der Waals surface area contributed by atoms with E-state index in [1.165, 1.54) is 74.7 Å². The summed E-state index contributed by atoms with van der Waals surface area (Å²) in [5.41, 5.74) is 15.0. The molecule has 2 aliphatic rings. The predicted octanol–water partition coefficient (Wildman–Crippen LogP) is 15.6. The van der Waals surface area contributed by atoms with E-state index in [2.05, 4.69) is 194 Å². The smallest absolute Gasteiger partial charge is 0.0540 e. The van der Waals surface area contributed by atoms with Crippen LogP contribution in [0, 0.1) is 13.8 Å². The van der Waals surface area contributed by atoms with E-state index in [1.54, 1.807) is 0 Å². The second-order valence-electron chi connectivity index (χ2n) is 19.0. The highest BCUT2D eigenvalue weighted by atomic mass is 35.5. The zero-order valence-corrected chi connectivity index (χ0v) is 35.3. The molecule has 3 heteroatoms. The Labute approximate surface area is 335 Å². The second-order valence-corrected chi connectivity index (χ2v) is 19.4. The van der Waals surface area contributed by atoms with Gasteiger partial charge in [-0.2, -0.15) is 0 Å². The van der Waals surface area contributed by atoms with Gasteiger partial charge >= 0.3 is 0 Å². The lowest BCUT2D eigenvalue weighted by molar-refractivity contribution is 0.194. The van der Waals surface area contributed by atoms with E-state index in [-0.39, 0.29) is 21.8 Å². The molecule has 0 spiro atoms. The minimum atomic E-state index is -0.0854. The van der Waals surface area contributed by atoms with Gasteiger partial charge in [0.2, 0.25) is 0 Å². The first-order valence-electron chi connectivity index (χ1n) is 20.2. The van der Waals surface area contributed by atoms with Gasteiger partial charge < -0.3 is 9.80 Å². The van der Waals surface area contributed by atoms with Crippen LogP contribution in [0.4, 0.5) is 28.4 Å². The van der Waals surface area contributed by atoms with Crippen molar-refractivity contribution in [3.8, 4) is 11.1 Å². The first-order valence-corrected chi connectivity index (χ1v) is 20.6. The molecule has 55 heavy (non-hydrogen) atoms. The highest BCUT2D eigenvalue weighted by molar-refractivity contribution is 6.31. The summed E-state index contributed by atoms with van der Waals surface area (Å²) in [7, 11) is 0. The van der Waals surface area contributed by atoms with Crippen molar-refractivity contribution in [2.24, 2.45) is 0 Å². The van der Waals surface area contributed by atoms with Crippen LogP contribution in [0.25, 0.3) is 21.9 Å². The van der Waals surface area contributed by atoms with Crippen LogP contribution >= 0.6 is 11.6 Å². The Morgan fingerprint density at radius 3 is 2.02 bits per heavy atom. The van der Waals surface area contributed by atoms with Gasteiger partial charge in [-0.25, -0.2) is 0 Å². The van der Waals surface area contributed by atoms with Crippen molar-refractivity contribution in [1.82, 2.24) is 0 Å². The van der Waals surface area contributed by atoms with Crippen molar-refractivity contribution >= 4 is 50.8 Å². The van der Waals surface area contributed by atoms with E-state index in [4.69, 9.17) is 11.6 Å². The van der Waals surface area contributed by atoms with Crippen LogP contribution in [-0.2, 0) is 16.2 Å². The minimum Gasteiger partial charge on any atom is -0.334 e. The molecule has 282 valence electrons. The third-order valence-electron chi connectivity index (χ3n) is 13.1. The molecule has 8 rings (SSSR count). The molecular weight excluding hydrogens is 688 g/mol. The number of benzene rings is 6. The maximum Gasteiger partial charge on any atom is 0.0540 e. The summed E-state index contributed by atoms with van der Waals surface area (Å²) < 4.78 is 0. The minimum absolute atomic E-state index is 0.0198. The molecule has 1 heterocycles. The van der Waals surface area contributed by atoms with Gasteiger partial charge in [-0.1, -0.05) is 134 Å². The van der Waals surface area contributed by atoms with Crippen molar-refractivity contribution in [1.29, 1.82) is 0 Å². The summed E-state index contributed by atoms with van der Waals surface area (Å²) in [4.78, 5) is 5.12. The van der Waals surface area contributed by atoms with E-state index in [0.29, 0.717) is 0 Å². The third kappa shape index (κ3) is 6.35. The maximum absolute atomic E-state index is 7.33. The summed E-state index contributed by atoms with van der Waals surface area (Å²) in [5.74, 6) is 0. The van der Waals surface area contributed by atoms with Gasteiger partial charge in [0, 0.05) is 38.8 Å². The molecule has 2 nitrogen and oxygen atoms in total. The van der Waals surface area contributed by atoms with E-state index in [9.17, 15) is 0 Å². The molecule has 2 atom stereocenters. The zero-order valence-electron chi connectivity index (χ0n) is 34.6. The molecule has 1 fully saturated rings. The monoisotopic (exact) mass is 744 g/mol. The van der Waals surface area contributed by atoms with E-state index in [0.717, 1.165) is 34.2 Å². The SMILES string of the molecule is Cc1cc(C)c2c(c1)N(c1cc(Cl)cc(N(c3ccc(C(C)(C)C)cc3)c3ccc(C(C)(C)C)cc3-c3ccc4ccccc4c3)c1)C1(C)CCCCC21C. The maximum atomic E-state index is 7.33.